The van der Waals surface area contributed by atoms with E-state index in [0.29, 0.717) is 10.8 Å². The van der Waals surface area contributed by atoms with Crippen molar-refractivity contribution in [3.05, 3.63) is 70.8 Å². The molecule has 5 aromatic rings. The van der Waals surface area contributed by atoms with Gasteiger partial charge in [-0.25, -0.2) is 18.0 Å². The molecule has 5 aromatic carbocycles. The summed E-state index contributed by atoms with van der Waals surface area (Å²) in [4.78, 5) is 52.0. The van der Waals surface area contributed by atoms with Crippen LogP contribution in [0.1, 0.15) is 41.4 Å². The van der Waals surface area contributed by atoms with E-state index in [-0.39, 0.29) is 79.2 Å². The first-order chi connectivity index (χ1) is 22.4. The number of carbonyl (C=O) groups excluding carboxylic acids is 2. The first kappa shape index (κ1) is 33.5. The summed E-state index contributed by atoms with van der Waals surface area (Å²) in [6, 6.07) is 13.8. The Bertz CT molecular complexity index is 2140. The molecule has 0 fully saturated rings. The maximum absolute atomic E-state index is 13.9. The molecule has 14 heteroatoms. The highest BCUT2D eigenvalue weighted by Gasteiger charge is 2.33. The largest absolute Gasteiger partial charge is 0.478 e. The van der Waals surface area contributed by atoms with Crippen LogP contribution in [0.25, 0.3) is 43.1 Å². The fourth-order valence-corrected chi connectivity index (χ4v) is 6.25. The van der Waals surface area contributed by atoms with E-state index in [0.717, 1.165) is 22.4 Å². The quantitative estimate of drug-likeness (QED) is 0.0684. The Morgan fingerprint density at radius 3 is 1.87 bits per heavy atom. The van der Waals surface area contributed by atoms with Gasteiger partial charge in [-0.1, -0.05) is 42.5 Å². The van der Waals surface area contributed by atoms with Crippen molar-refractivity contribution in [3.63, 3.8) is 0 Å². The number of fused-ring (bicyclic) bond motifs is 2. The molecule has 0 atom stereocenters. The van der Waals surface area contributed by atoms with Crippen molar-refractivity contribution in [1.29, 1.82) is 0 Å². The number of nitrogens with one attached hydrogen (secondary N) is 1. The van der Waals surface area contributed by atoms with Gasteiger partial charge in [0, 0.05) is 23.6 Å². The first-order valence-corrected chi connectivity index (χ1v) is 16.6. The molecule has 0 saturated heterocycles. The normalized spacial score (nSPS) is 11.9. The van der Waals surface area contributed by atoms with Gasteiger partial charge >= 0.3 is 11.9 Å². The summed E-state index contributed by atoms with van der Waals surface area (Å²) in [6.07, 6.45) is 1.13. The third-order valence-corrected chi connectivity index (χ3v) is 8.62. The first-order valence-electron chi connectivity index (χ1n) is 14.6. The fraction of sp³-hybridized carbons (Fsp3) is 0.273. The van der Waals surface area contributed by atoms with E-state index in [4.69, 9.17) is 19.9 Å². The number of hydrogen-bond donors (Lipinski definition) is 4. The van der Waals surface area contributed by atoms with E-state index in [1.165, 1.54) is 6.07 Å². The second-order valence-electron chi connectivity index (χ2n) is 10.8. The van der Waals surface area contributed by atoms with Crippen molar-refractivity contribution in [2.24, 2.45) is 5.73 Å². The van der Waals surface area contributed by atoms with Gasteiger partial charge in [-0.3, -0.25) is 9.59 Å². The number of benzene rings is 5. The van der Waals surface area contributed by atoms with Gasteiger partial charge in [0.1, 0.15) is 9.84 Å². The second-order valence-corrected chi connectivity index (χ2v) is 13.1. The molecule has 47 heavy (non-hydrogen) atoms. The van der Waals surface area contributed by atoms with E-state index in [9.17, 15) is 37.8 Å². The molecular formula is C33H32N2O11S. The van der Waals surface area contributed by atoms with Crippen LogP contribution >= 0.6 is 0 Å². The van der Waals surface area contributed by atoms with Crippen LogP contribution in [-0.4, -0.2) is 101 Å². The van der Waals surface area contributed by atoms with Crippen molar-refractivity contribution >= 4 is 76.7 Å². The van der Waals surface area contributed by atoms with Gasteiger partial charge in [-0.05, 0) is 38.4 Å². The van der Waals surface area contributed by atoms with Crippen LogP contribution in [0.3, 0.4) is 0 Å². The lowest BCUT2D eigenvalue weighted by atomic mass is 9.81. The Labute approximate surface area is 268 Å². The van der Waals surface area contributed by atoms with Crippen LogP contribution < -0.4 is 11.1 Å². The summed E-state index contributed by atoms with van der Waals surface area (Å²) >= 11 is 0. The topological polar surface area (TPSA) is 209 Å². The zero-order valence-electron chi connectivity index (χ0n) is 25.3. The minimum absolute atomic E-state index is 0.0195. The lowest BCUT2D eigenvalue weighted by Crippen LogP contribution is -2.31. The Kier molecular flexibility index (Phi) is 9.86. The minimum atomic E-state index is -3.10. The third-order valence-electron chi connectivity index (χ3n) is 7.71. The Morgan fingerprint density at radius 1 is 0.681 bits per heavy atom. The highest BCUT2D eigenvalue weighted by molar-refractivity contribution is 7.90. The molecule has 2 amide bonds. The van der Waals surface area contributed by atoms with E-state index in [1.807, 2.05) is 24.3 Å². The number of primary amides is 1. The van der Waals surface area contributed by atoms with Crippen LogP contribution in [0, 0.1) is 0 Å². The van der Waals surface area contributed by atoms with Crippen LogP contribution in [0.2, 0.25) is 0 Å². The Balaban J connectivity index is 1.46. The number of nitrogens with two attached hydrogens (primary N) is 1. The zero-order valence-corrected chi connectivity index (χ0v) is 26.1. The summed E-state index contributed by atoms with van der Waals surface area (Å²) < 4.78 is 38.3. The van der Waals surface area contributed by atoms with Gasteiger partial charge in [-0.15, -0.1) is 0 Å². The monoisotopic (exact) mass is 664 g/mol. The zero-order chi connectivity index (χ0) is 33.9. The molecule has 0 aliphatic carbocycles. The predicted octanol–water partition coefficient (Wildman–Crippen LogP) is 3.06. The molecule has 0 bridgehead atoms. The number of ether oxygens (including phenoxy) is 3. The molecular weight excluding hydrogens is 632 g/mol. The SMILES string of the molecule is CS(=O)(=O)CCOCCOCCOCCNC(=O)c1c(C(N)=O)c(C(=O)O)c2c(C(=O)O)ccc3c4cccc5cccc(c1c23)c54. The highest BCUT2D eigenvalue weighted by atomic mass is 32.2. The van der Waals surface area contributed by atoms with E-state index in [1.54, 1.807) is 18.2 Å². The average molecular weight is 665 g/mol. The van der Waals surface area contributed by atoms with E-state index < -0.39 is 44.7 Å². The molecule has 0 radical (unpaired) electrons. The number of sulfone groups is 1. The number of aromatic carboxylic acids is 2. The van der Waals surface area contributed by atoms with Gasteiger partial charge in [0.05, 0.1) is 67.6 Å². The van der Waals surface area contributed by atoms with Crippen LogP contribution in [0.5, 0.6) is 0 Å². The molecule has 0 heterocycles. The molecule has 5 N–H and O–H groups in total. The molecule has 246 valence electrons. The van der Waals surface area contributed by atoms with Crippen molar-refractivity contribution in [3.8, 4) is 0 Å². The standard InChI is InChI=1S/C33H32N2O11S/c1-47(42,43)17-16-46-15-14-45-13-12-44-11-10-35-31(37)28-25-21-7-3-5-18-4-2-6-19(23(18)21)20-8-9-22(32(38)39)26(24(20)25)29(33(40)41)27(28)30(34)36/h2-9H,10-17H2,1H3,(H2,34,36)(H,35,37)(H,38,39)(H,40,41). The third kappa shape index (κ3) is 6.81. The van der Waals surface area contributed by atoms with Crippen molar-refractivity contribution in [1.82, 2.24) is 5.32 Å². The molecule has 0 aliphatic rings. The van der Waals surface area contributed by atoms with Crippen molar-refractivity contribution in [2.45, 2.75) is 0 Å². The number of rotatable bonds is 16. The molecule has 0 aromatic heterocycles. The fourth-order valence-electron chi connectivity index (χ4n) is 5.83. The smallest absolute Gasteiger partial charge is 0.337 e. The summed E-state index contributed by atoms with van der Waals surface area (Å²) in [5.41, 5.74) is 3.88. The molecule has 0 aliphatic heterocycles. The number of carbonyl (C=O) groups is 4. The predicted molar refractivity (Wildman–Crippen MR) is 175 cm³/mol. The van der Waals surface area contributed by atoms with Crippen molar-refractivity contribution < 1.29 is 52.0 Å². The maximum Gasteiger partial charge on any atom is 0.337 e. The Morgan fingerprint density at radius 2 is 1.28 bits per heavy atom. The van der Waals surface area contributed by atoms with E-state index >= 15 is 0 Å². The number of carboxylic acid groups (broad SMARTS) is 2. The van der Waals surface area contributed by atoms with Gasteiger partial charge in [0.2, 0.25) is 5.91 Å². The average Bonchev–Trinajstić information content (AvgIpc) is 3.01. The van der Waals surface area contributed by atoms with Gasteiger partial charge < -0.3 is 35.5 Å². The maximum atomic E-state index is 13.9. The summed E-state index contributed by atoms with van der Waals surface area (Å²) in [6.45, 7) is 0.945. The highest BCUT2D eigenvalue weighted by Crippen LogP contribution is 2.45. The van der Waals surface area contributed by atoms with Crippen LogP contribution in [0.4, 0.5) is 0 Å². The lowest BCUT2D eigenvalue weighted by molar-refractivity contribution is 0.0179. The van der Waals surface area contributed by atoms with Gasteiger partial charge in [0.25, 0.3) is 5.91 Å². The Hall–Kier alpha value is -4.89. The number of carboxylic acids is 2. The molecule has 0 unspecified atom stereocenters. The summed E-state index contributed by atoms with van der Waals surface area (Å²) in [7, 11) is -3.10. The summed E-state index contributed by atoms with van der Waals surface area (Å²) in [5, 5.41) is 26.7. The number of amides is 2. The van der Waals surface area contributed by atoms with Crippen molar-refractivity contribution in [2.75, 3.05) is 58.2 Å². The second kappa shape index (κ2) is 13.8. The molecule has 0 saturated carbocycles. The van der Waals surface area contributed by atoms with Gasteiger partial charge in [0.15, 0.2) is 0 Å². The summed E-state index contributed by atoms with van der Waals surface area (Å²) in [5.74, 6) is -5.08. The molecule has 13 nitrogen and oxygen atoms in total. The van der Waals surface area contributed by atoms with Gasteiger partial charge in [-0.2, -0.15) is 0 Å². The molecule has 5 rings (SSSR count). The van der Waals surface area contributed by atoms with E-state index in [2.05, 4.69) is 5.32 Å². The van der Waals surface area contributed by atoms with Crippen LogP contribution in [-0.2, 0) is 24.0 Å². The lowest BCUT2D eigenvalue weighted by Gasteiger charge is -2.22. The van der Waals surface area contributed by atoms with Crippen LogP contribution in [0.15, 0.2) is 48.5 Å². The minimum Gasteiger partial charge on any atom is -0.478 e. The molecule has 0 spiro atoms. The number of hydrogen-bond acceptors (Lipinski definition) is 9.